The van der Waals surface area contributed by atoms with Gasteiger partial charge in [0, 0.05) is 24.8 Å². The molecule has 6 nitrogen and oxygen atoms in total. The van der Waals surface area contributed by atoms with Crippen molar-refractivity contribution in [1.82, 2.24) is 25.1 Å². The summed E-state index contributed by atoms with van der Waals surface area (Å²) in [5.74, 6) is 0.768. The highest BCUT2D eigenvalue weighted by atomic mass is 32.1. The molecule has 0 fully saturated rings. The number of aromatic nitrogens is 4. The molecule has 21 heavy (non-hydrogen) atoms. The fourth-order valence-electron chi connectivity index (χ4n) is 1.98. The molecule has 0 aliphatic heterocycles. The van der Waals surface area contributed by atoms with Crippen molar-refractivity contribution in [3.05, 3.63) is 26.7 Å². The molecule has 2 heterocycles. The minimum Gasteiger partial charge on any atom is -0.354 e. The number of amides is 1. The van der Waals surface area contributed by atoms with Gasteiger partial charge in [0.1, 0.15) is 12.4 Å². The minimum atomic E-state index is -0.0585. The van der Waals surface area contributed by atoms with Crippen LogP contribution in [0, 0.1) is 11.7 Å². The maximum Gasteiger partial charge on any atom is 0.240 e. The van der Waals surface area contributed by atoms with Crippen LogP contribution >= 0.6 is 23.6 Å². The molecule has 2 aromatic heterocycles. The third-order valence-corrected chi connectivity index (χ3v) is 4.12. The average molecular weight is 325 g/mol. The predicted molar refractivity (Wildman–Crippen MR) is 85.0 cm³/mol. The van der Waals surface area contributed by atoms with Crippen molar-refractivity contribution < 1.29 is 4.79 Å². The number of nitrogens with zero attached hydrogens (tertiary/aromatic N) is 3. The third kappa shape index (κ3) is 4.47. The number of rotatable bonds is 7. The summed E-state index contributed by atoms with van der Waals surface area (Å²) in [6.45, 7) is 4.83. The van der Waals surface area contributed by atoms with E-state index >= 15 is 0 Å². The number of carbonyl (C=O) groups excluding carboxylic acids is 1. The summed E-state index contributed by atoms with van der Waals surface area (Å²) in [5.41, 5.74) is 1.02. The number of thiazole rings is 1. The molecular formula is C13H19N5OS2. The van der Waals surface area contributed by atoms with Crippen LogP contribution in [0.2, 0.25) is 0 Å². The van der Waals surface area contributed by atoms with E-state index < -0.39 is 0 Å². The molecule has 0 spiro atoms. The standard InChI is InChI=1S/C13H19N5OS2/c1-3-4-11-16-17-13(20)18(11)7-12(19)14-6-5-10-8-21-9(2)15-10/h8H,3-7H2,1-2H3,(H,14,19)(H,17,20). The second-order valence-electron chi connectivity index (χ2n) is 4.74. The van der Waals surface area contributed by atoms with Crippen LogP contribution < -0.4 is 5.32 Å². The van der Waals surface area contributed by atoms with Crippen molar-refractivity contribution >= 4 is 29.5 Å². The monoisotopic (exact) mass is 325 g/mol. The first kappa shape index (κ1) is 15.8. The van der Waals surface area contributed by atoms with E-state index in [9.17, 15) is 4.79 Å². The second-order valence-corrected chi connectivity index (χ2v) is 6.19. The van der Waals surface area contributed by atoms with E-state index in [-0.39, 0.29) is 12.5 Å². The lowest BCUT2D eigenvalue weighted by molar-refractivity contribution is -0.121. The number of H-pyrrole nitrogens is 1. The first-order valence-corrected chi connectivity index (χ1v) is 8.20. The molecule has 0 unspecified atom stereocenters. The molecular weight excluding hydrogens is 306 g/mol. The molecule has 0 aromatic carbocycles. The Morgan fingerprint density at radius 3 is 3.00 bits per heavy atom. The molecule has 114 valence electrons. The molecule has 0 radical (unpaired) electrons. The molecule has 0 saturated heterocycles. The van der Waals surface area contributed by atoms with Crippen molar-refractivity contribution in [2.75, 3.05) is 6.54 Å². The quantitative estimate of drug-likeness (QED) is 0.764. The Balaban J connectivity index is 1.84. The highest BCUT2D eigenvalue weighted by Gasteiger charge is 2.09. The fourth-order valence-corrected chi connectivity index (χ4v) is 2.84. The Kier molecular flexibility index (Phi) is 5.63. The van der Waals surface area contributed by atoms with Gasteiger partial charge in [-0.3, -0.25) is 14.5 Å². The lowest BCUT2D eigenvalue weighted by Gasteiger charge is -2.07. The minimum absolute atomic E-state index is 0.0585. The summed E-state index contributed by atoms with van der Waals surface area (Å²) in [6.07, 6.45) is 2.51. The van der Waals surface area contributed by atoms with E-state index in [4.69, 9.17) is 12.2 Å². The Bertz CT molecular complexity index is 658. The zero-order chi connectivity index (χ0) is 15.2. The van der Waals surface area contributed by atoms with E-state index in [0.717, 1.165) is 35.8 Å². The molecule has 0 saturated carbocycles. The summed E-state index contributed by atoms with van der Waals surface area (Å²) in [4.78, 5) is 16.3. The van der Waals surface area contributed by atoms with E-state index in [1.807, 2.05) is 12.3 Å². The number of aromatic amines is 1. The first-order chi connectivity index (χ1) is 10.1. The van der Waals surface area contributed by atoms with Gasteiger partial charge >= 0.3 is 0 Å². The second kappa shape index (κ2) is 7.46. The first-order valence-electron chi connectivity index (χ1n) is 6.92. The highest BCUT2D eigenvalue weighted by Crippen LogP contribution is 2.07. The van der Waals surface area contributed by atoms with Gasteiger partial charge in [0.2, 0.25) is 5.91 Å². The van der Waals surface area contributed by atoms with Gasteiger partial charge in [-0.1, -0.05) is 6.92 Å². The van der Waals surface area contributed by atoms with E-state index in [2.05, 4.69) is 27.4 Å². The molecule has 2 rings (SSSR count). The molecule has 0 bridgehead atoms. The summed E-state index contributed by atoms with van der Waals surface area (Å²) < 4.78 is 2.24. The van der Waals surface area contributed by atoms with Crippen LogP contribution in [-0.2, 0) is 24.2 Å². The summed E-state index contributed by atoms with van der Waals surface area (Å²) >= 11 is 6.78. The number of nitrogens with one attached hydrogen (secondary N) is 2. The normalized spacial score (nSPS) is 10.8. The molecule has 1 amide bonds. The van der Waals surface area contributed by atoms with Gasteiger partial charge in [-0.25, -0.2) is 4.98 Å². The topological polar surface area (TPSA) is 75.6 Å². The van der Waals surface area contributed by atoms with Crippen LogP contribution in [-0.4, -0.2) is 32.2 Å². The maximum absolute atomic E-state index is 12.0. The molecule has 8 heteroatoms. The lowest BCUT2D eigenvalue weighted by atomic mass is 10.3. The van der Waals surface area contributed by atoms with E-state index in [1.165, 1.54) is 0 Å². The summed E-state index contributed by atoms with van der Waals surface area (Å²) in [7, 11) is 0. The number of hydrogen-bond acceptors (Lipinski definition) is 5. The van der Waals surface area contributed by atoms with Crippen LogP contribution in [0.1, 0.15) is 29.9 Å². The largest absolute Gasteiger partial charge is 0.354 e. The highest BCUT2D eigenvalue weighted by molar-refractivity contribution is 7.71. The molecule has 0 aliphatic carbocycles. The van der Waals surface area contributed by atoms with Crippen LogP contribution in [0.3, 0.4) is 0 Å². The number of aryl methyl sites for hydroxylation is 2. The molecule has 0 atom stereocenters. The van der Waals surface area contributed by atoms with Crippen molar-refractivity contribution in [2.24, 2.45) is 0 Å². The Labute approximate surface area is 132 Å². The Morgan fingerprint density at radius 1 is 1.52 bits per heavy atom. The van der Waals surface area contributed by atoms with Crippen LogP contribution in [0.5, 0.6) is 0 Å². The molecule has 2 N–H and O–H groups in total. The van der Waals surface area contributed by atoms with Gasteiger partial charge < -0.3 is 5.32 Å². The van der Waals surface area contributed by atoms with Gasteiger partial charge in [-0.2, -0.15) is 5.10 Å². The van der Waals surface area contributed by atoms with Crippen molar-refractivity contribution in [3.8, 4) is 0 Å². The number of hydrogen-bond donors (Lipinski definition) is 2. The molecule has 2 aromatic rings. The zero-order valence-electron chi connectivity index (χ0n) is 12.2. The van der Waals surface area contributed by atoms with Crippen LogP contribution in [0.25, 0.3) is 0 Å². The predicted octanol–water partition coefficient (Wildman–Crippen LogP) is 2.02. The molecule has 0 aliphatic rings. The average Bonchev–Trinajstić information content (AvgIpc) is 2.99. The fraction of sp³-hybridized carbons (Fsp3) is 0.538. The van der Waals surface area contributed by atoms with E-state index in [0.29, 0.717) is 11.3 Å². The van der Waals surface area contributed by atoms with Crippen LogP contribution in [0.4, 0.5) is 0 Å². The van der Waals surface area contributed by atoms with Gasteiger partial charge in [0.05, 0.1) is 10.7 Å². The van der Waals surface area contributed by atoms with Gasteiger partial charge in [-0.05, 0) is 25.6 Å². The zero-order valence-corrected chi connectivity index (χ0v) is 13.8. The number of carbonyl (C=O) groups is 1. The maximum atomic E-state index is 12.0. The lowest BCUT2D eigenvalue weighted by Crippen LogP contribution is -2.30. The van der Waals surface area contributed by atoms with E-state index in [1.54, 1.807) is 15.9 Å². The Hall–Kier alpha value is -1.54. The van der Waals surface area contributed by atoms with Crippen molar-refractivity contribution in [3.63, 3.8) is 0 Å². The Morgan fingerprint density at radius 2 is 2.33 bits per heavy atom. The summed E-state index contributed by atoms with van der Waals surface area (Å²) in [6, 6.07) is 0. The third-order valence-electron chi connectivity index (χ3n) is 2.98. The van der Waals surface area contributed by atoms with Gasteiger partial charge in [0.15, 0.2) is 4.77 Å². The summed E-state index contributed by atoms with van der Waals surface area (Å²) in [5, 5.41) is 12.8. The SMILES string of the molecule is CCCc1n[nH]c(=S)n1CC(=O)NCCc1csc(C)n1. The van der Waals surface area contributed by atoms with Crippen LogP contribution in [0.15, 0.2) is 5.38 Å². The van der Waals surface area contributed by atoms with Crippen molar-refractivity contribution in [2.45, 2.75) is 39.7 Å². The van der Waals surface area contributed by atoms with Gasteiger partial charge in [0.25, 0.3) is 0 Å². The van der Waals surface area contributed by atoms with Crippen molar-refractivity contribution in [1.29, 1.82) is 0 Å². The van der Waals surface area contributed by atoms with Gasteiger partial charge in [-0.15, -0.1) is 11.3 Å². The smallest absolute Gasteiger partial charge is 0.240 e.